The van der Waals surface area contributed by atoms with Gasteiger partial charge in [0.1, 0.15) is 17.7 Å². The van der Waals surface area contributed by atoms with E-state index in [1.54, 1.807) is 6.20 Å². The monoisotopic (exact) mass is 445 g/mol. The molecular formula is C26H24ClN3O2. The molecule has 0 aliphatic carbocycles. The summed E-state index contributed by atoms with van der Waals surface area (Å²) in [5.74, 6) is 0.941. The summed E-state index contributed by atoms with van der Waals surface area (Å²) in [6.45, 7) is 1.96. The van der Waals surface area contributed by atoms with Crippen LogP contribution in [0.3, 0.4) is 0 Å². The molecule has 3 heterocycles. The van der Waals surface area contributed by atoms with Gasteiger partial charge >= 0.3 is 0 Å². The summed E-state index contributed by atoms with van der Waals surface area (Å²) >= 11 is 5.99. The van der Waals surface area contributed by atoms with Crippen molar-refractivity contribution in [2.75, 3.05) is 32.1 Å². The molecule has 0 saturated carbocycles. The molecule has 0 unspecified atom stereocenters. The van der Waals surface area contributed by atoms with Crippen LogP contribution in [0.1, 0.15) is 6.42 Å². The van der Waals surface area contributed by atoms with Crippen LogP contribution in [0.2, 0.25) is 5.02 Å². The molecule has 1 saturated heterocycles. The van der Waals surface area contributed by atoms with E-state index in [1.165, 1.54) is 6.26 Å². The van der Waals surface area contributed by atoms with Crippen molar-refractivity contribution in [2.24, 2.45) is 0 Å². The molecule has 5 rings (SSSR count). The predicted molar refractivity (Wildman–Crippen MR) is 130 cm³/mol. The van der Waals surface area contributed by atoms with Crippen LogP contribution in [0.4, 0.5) is 5.82 Å². The molecule has 6 heteroatoms. The molecular weight excluding hydrogens is 422 g/mol. The van der Waals surface area contributed by atoms with E-state index in [9.17, 15) is 4.79 Å². The highest BCUT2D eigenvalue weighted by atomic mass is 35.5. The van der Waals surface area contributed by atoms with Gasteiger partial charge in [-0.1, -0.05) is 29.8 Å². The van der Waals surface area contributed by atoms with Gasteiger partial charge < -0.3 is 14.2 Å². The molecule has 5 nitrogen and oxygen atoms in total. The SMILES string of the molecule is CN(C)[C@@H]1CCN(c2ccc(-c3coc4cc(-c5ccc(Cl)cc5)ccc4c3=O)cn2)C1. The van der Waals surface area contributed by atoms with E-state index >= 15 is 0 Å². The molecule has 1 atom stereocenters. The minimum Gasteiger partial charge on any atom is -0.463 e. The highest BCUT2D eigenvalue weighted by Gasteiger charge is 2.24. The summed E-state index contributed by atoms with van der Waals surface area (Å²) in [6, 6.07) is 17.7. The fourth-order valence-electron chi connectivity index (χ4n) is 4.25. The Balaban J connectivity index is 1.43. The summed E-state index contributed by atoms with van der Waals surface area (Å²) < 4.78 is 5.86. The number of benzene rings is 2. The van der Waals surface area contributed by atoms with Gasteiger partial charge in [-0.2, -0.15) is 0 Å². The van der Waals surface area contributed by atoms with Crippen molar-refractivity contribution in [2.45, 2.75) is 12.5 Å². The number of nitrogens with zero attached hydrogens (tertiary/aromatic N) is 3. The molecule has 2 aromatic heterocycles. The second-order valence-electron chi connectivity index (χ2n) is 8.45. The van der Waals surface area contributed by atoms with Gasteiger partial charge in [0.15, 0.2) is 0 Å². The van der Waals surface area contributed by atoms with Crippen molar-refractivity contribution in [3.63, 3.8) is 0 Å². The molecule has 0 N–H and O–H groups in total. The molecule has 0 spiro atoms. The molecule has 0 bridgehead atoms. The number of rotatable bonds is 4. The van der Waals surface area contributed by atoms with Crippen molar-refractivity contribution in [3.8, 4) is 22.3 Å². The minimum atomic E-state index is -0.0581. The van der Waals surface area contributed by atoms with E-state index < -0.39 is 0 Å². The Morgan fingerprint density at radius 3 is 2.47 bits per heavy atom. The molecule has 162 valence electrons. The first-order valence-electron chi connectivity index (χ1n) is 10.7. The maximum Gasteiger partial charge on any atom is 0.200 e. The van der Waals surface area contributed by atoms with Gasteiger partial charge in [0, 0.05) is 35.9 Å². The van der Waals surface area contributed by atoms with Gasteiger partial charge in [-0.15, -0.1) is 0 Å². The quantitative estimate of drug-likeness (QED) is 0.425. The summed E-state index contributed by atoms with van der Waals surface area (Å²) in [5.41, 5.74) is 3.76. The first-order chi connectivity index (χ1) is 15.5. The Labute approximate surface area is 191 Å². The highest BCUT2D eigenvalue weighted by molar-refractivity contribution is 6.30. The number of hydrogen-bond acceptors (Lipinski definition) is 5. The first-order valence-corrected chi connectivity index (χ1v) is 11.1. The number of anilines is 1. The maximum absolute atomic E-state index is 13.2. The third-order valence-electron chi connectivity index (χ3n) is 6.23. The Morgan fingerprint density at radius 1 is 1.03 bits per heavy atom. The van der Waals surface area contributed by atoms with Crippen molar-refractivity contribution in [3.05, 3.63) is 82.3 Å². The lowest BCUT2D eigenvalue weighted by Gasteiger charge is -2.21. The third kappa shape index (κ3) is 3.90. The number of fused-ring (bicyclic) bond motifs is 1. The molecule has 1 fully saturated rings. The largest absolute Gasteiger partial charge is 0.463 e. The van der Waals surface area contributed by atoms with E-state index in [4.69, 9.17) is 16.0 Å². The van der Waals surface area contributed by atoms with Gasteiger partial charge in [-0.3, -0.25) is 4.79 Å². The van der Waals surface area contributed by atoms with Crippen LogP contribution in [0, 0.1) is 0 Å². The lowest BCUT2D eigenvalue weighted by atomic mass is 10.0. The van der Waals surface area contributed by atoms with Crippen molar-refractivity contribution >= 4 is 28.4 Å². The van der Waals surface area contributed by atoms with E-state index in [2.05, 4.69) is 28.9 Å². The van der Waals surface area contributed by atoms with Crippen LogP contribution in [-0.2, 0) is 0 Å². The number of pyridine rings is 1. The smallest absolute Gasteiger partial charge is 0.200 e. The average molecular weight is 446 g/mol. The summed E-state index contributed by atoms with van der Waals surface area (Å²) in [7, 11) is 4.23. The zero-order chi connectivity index (χ0) is 22.2. The number of likely N-dealkylation sites (N-methyl/N-ethyl adjacent to an activating group) is 1. The molecule has 0 radical (unpaired) electrons. The van der Waals surface area contributed by atoms with Crippen LogP contribution in [0.25, 0.3) is 33.2 Å². The number of hydrogen-bond donors (Lipinski definition) is 0. The Hall–Kier alpha value is -3.15. The van der Waals surface area contributed by atoms with Gasteiger partial charge in [-0.05, 0) is 68.0 Å². The number of halogens is 1. The van der Waals surface area contributed by atoms with Crippen molar-refractivity contribution in [1.29, 1.82) is 0 Å². The summed E-state index contributed by atoms with van der Waals surface area (Å²) in [5, 5.41) is 1.24. The summed E-state index contributed by atoms with van der Waals surface area (Å²) in [6.07, 6.45) is 4.42. The van der Waals surface area contributed by atoms with Crippen molar-refractivity contribution < 1.29 is 4.42 Å². The number of aromatic nitrogens is 1. The van der Waals surface area contributed by atoms with Crippen LogP contribution in [0.5, 0.6) is 0 Å². The Morgan fingerprint density at radius 2 is 1.78 bits per heavy atom. The minimum absolute atomic E-state index is 0.0581. The molecule has 1 aliphatic heterocycles. The third-order valence-corrected chi connectivity index (χ3v) is 6.48. The normalized spacial score (nSPS) is 16.2. The predicted octanol–water partition coefficient (Wildman–Crippen LogP) is 5.32. The maximum atomic E-state index is 13.2. The van der Waals surface area contributed by atoms with E-state index in [-0.39, 0.29) is 5.43 Å². The summed E-state index contributed by atoms with van der Waals surface area (Å²) in [4.78, 5) is 22.3. The fourth-order valence-corrected chi connectivity index (χ4v) is 4.38. The topological polar surface area (TPSA) is 49.6 Å². The van der Waals surface area contributed by atoms with Crippen molar-refractivity contribution in [1.82, 2.24) is 9.88 Å². The lowest BCUT2D eigenvalue weighted by Crippen LogP contribution is -2.31. The van der Waals surface area contributed by atoms with E-state index in [1.807, 2.05) is 54.6 Å². The second kappa shape index (κ2) is 8.41. The zero-order valence-corrected chi connectivity index (χ0v) is 18.8. The standard InChI is InChI=1S/C26H24ClN3O2/c1-29(2)21-11-12-30(15-21)25-10-6-19(14-28-25)23-16-32-24-13-18(5-9-22(24)26(23)31)17-3-7-20(27)8-4-17/h3-10,13-14,16,21H,11-12,15H2,1-2H3/t21-/m1/s1. The Kier molecular flexibility index (Phi) is 5.45. The van der Waals surface area contributed by atoms with Crippen LogP contribution in [0.15, 0.2) is 76.3 Å². The average Bonchev–Trinajstić information content (AvgIpc) is 3.31. The van der Waals surface area contributed by atoms with Gasteiger partial charge in [0.2, 0.25) is 5.43 Å². The molecule has 0 amide bonds. The Bertz CT molecular complexity index is 1310. The molecule has 1 aliphatic rings. The van der Waals surface area contributed by atoms with Crippen LogP contribution < -0.4 is 10.3 Å². The van der Waals surface area contributed by atoms with Crippen LogP contribution >= 0.6 is 11.6 Å². The van der Waals surface area contributed by atoms with Gasteiger partial charge in [0.25, 0.3) is 0 Å². The second-order valence-corrected chi connectivity index (χ2v) is 8.89. The fraction of sp³-hybridized carbons (Fsp3) is 0.231. The zero-order valence-electron chi connectivity index (χ0n) is 18.1. The molecule has 4 aromatic rings. The highest BCUT2D eigenvalue weighted by Crippen LogP contribution is 2.27. The van der Waals surface area contributed by atoms with Gasteiger partial charge in [-0.25, -0.2) is 4.98 Å². The molecule has 2 aromatic carbocycles. The van der Waals surface area contributed by atoms with E-state index in [0.29, 0.717) is 27.6 Å². The van der Waals surface area contributed by atoms with Gasteiger partial charge in [0.05, 0.1) is 10.9 Å². The van der Waals surface area contributed by atoms with E-state index in [0.717, 1.165) is 42.0 Å². The van der Waals surface area contributed by atoms with Crippen LogP contribution in [-0.4, -0.2) is 43.1 Å². The first kappa shape index (κ1) is 20.7. The molecule has 32 heavy (non-hydrogen) atoms. The lowest BCUT2D eigenvalue weighted by molar-refractivity contribution is 0.315.